The maximum absolute atomic E-state index is 12.1. The van der Waals surface area contributed by atoms with Crippen molar-refractivity contribution in [2.75, 3.05) is 0 Å². The number of nitrogens with zero attached hydrogens (tertiary/aromatic N) is 1. The normalized spacial score (nSPS) is 17.2. The highest BCUT2D eigenvalue weighted by Crippen LogP contribution is 2.27. The van der Waals surface area contributed by atoms with Crippen LogP contribution in [0.25, 0.3) is 0 Å². The molecule has 2 rings (SSSR count). The van der Waals surface area contributed by atoms with Gasteiger partial charge in [0.25, 0.3) is 5.91 Å². The minimum Gasteiger partial charge on any atom is -0.507 e. The molecule has 0 aromatic heterocycles. The SMILES string of the molecule is N#CC(NC(=O)c1ccc(Cl)cc1O)C1CCCCC1. The molecular weight excluding hydrogens is 276 g/mol. The summed E-state index contributed by atoms with van der Waals surface area (Å²) in [6, 6.07) is 5.98. The van der Waals surface area contributed by atoms with E-state index in [0.29, 0.717) is 5.02 Å². The molecule has 1 aromatic rings. The number of benzene rings is 1. The van der Waals surface area contributed by atoms with Crippen molar-refractivity contribution in [3.63, 3.8) is 0 Å². The van der Waals surface area contributed by atoms with Crippen LogP contribution >= 0.6 is 11.6 Å². The average Bonchev–Trinajstić information content (AvgIpc) is 2.45. The lowest BCUT2D eigenvalue weighted by atomic mass is 9.84. The molecule has 0 radical (unpaired) electrons. The maximum Gasteiger partial charge on any atom is 0.256 e. The summed E-state index contributed by atoms with van der Waals surface area (Å²) in [5.74, 6) is -0.404. The van der Waals surface area contributed by atoms with Gasteiger partial charge in [0.1, 0.15) is 11.8 Å². The van der Waals surface area contributed by atoms with Gasteiger partial charge in [0.2, 0.25) is 0 Å². The number of amides is 1. The quantitative estimate of drug-likeness (QED) is 0.898. The molecule has 0 bridgehead atoms. The molecule has 0 heterocycles. The van der Waals surface area contributed by atoms with Crippen molar-refractivity contribution in [2.45, 2.75) is 38.1 Å². The van der Waals surface area contributed by atoms with Gasteiger partial charge in [0.15, 0.2) is 0 Å². The fourth-order valence-electron chi connectivity index (χ4n) is 2.64. The van der Waals surface area contributed by atoms with Crippen LogP contribution in [0.2, 0.25) is 5.02 Å². The van der Waals surface area contributed by atoms with Crippen molar-refractivity contribution in [1.82, 2.24) is 5.32 Å². The second-order valence-electron chi connectivity index (χ2n) is 5.14. The molecule has 20 heavy (non-hydrogen) atoms. The molecule has 5 heteroatoms. The summed E-state index contributed by atoms with van der Waals surface area (Å²) in [5.41, 5.74) is 0.144. The summed E-state index contributed by atoms with van der Waals surface area (Å²) in [7, 11) is 0. The van der Waals surface area contributed by atoms with Gasteiger partial charge in [-0.2, -0.15) is 5.26 Å². The average molecular weight is 293 g/mol. The lowest BCUT2D eigenvalue weighted by Gasteiger charge is -2.26. The maximum atomic E-state index is 12.1. The highest BCUT2D eigenvalue weighted by atomic mass is 35.5. The minimum atomic E-state index is -0.502. The van der Waals surface area contributed by atoms with E-state index >= 15 is 0 Å². The largest absolute Gasteiger partial charge is 0.507 e. The number of carbonyl (C=O) groups excluding carboxylic acids is 1. The van der Waals surface area contributed by atoms with Gasteiger partial charge in [-0.15, -0.1) is 0 Å². The van der Waals surface area contributed by atoms with Crippen LogP contribution in [0.15, 0.2) is 18.2 Å². The summed E-state index contributed by atoms with van der Waals surface area (Å²) in [4.78, 5) is 12.1. The third-order valence-electron chi connectivity index (χ3n) is 3.75. The van der Waals surface area contributed by atoms with Crippen LogP contribution in [-0.4, -0.2) is 17.1 Å². The fraction of sp³-hybridized carbons (Fsp3) is 0.467. The van der Waals surface area contributed by atoms with Crippen LogP contribution in [0.5, 0.6) is 5.75 Å². The number of rotatable bonds is 3. The summed E-state index contributed by atoms with van der Waals surface area (Å²) < 4.78 is 0. The standard InChI is InChI=1S/C15H17ClN2O2/c16-11-6-7-12(14(19)8-11)15(20)18-13(9-17)10-4-2-1-3-5-10/h6-8,10,13,19H,1-5H2,(H,18,20). The molecule has 1 aliphatic carbocycles. The molecule has 1 atom stereocenters. The van der Waals surface area contributed by atoms with E-state index in [1.54, 1.807) is 0 Å². The van der Waals surface area contributed by atoms with Crippen LogP contribution in [0.1, 0.15) is 42.5 Å². The van der Waals surface area contributed by atoms with Gasteiger partial charge >= 0.3 is 0 Å². The number of nitriles is 1. The molecule has 1 amide bonds. The van der Waals surface area contributed by atoms with Gasteiger partial charge in [-0.1, -0.05) is 30.9 Å². The van der Waals surface area contributed by atoms with Gasteiger partial charge in [-0.05, 0) is 37.0 Å². The number of hydrogen-bond donors (Lipinski definition) is 2. The van der Waals surface area contributed by atoms with Crippen LogP contribution in [-0.2, 0) is 0 Å². The Morgan fingerprint density at radius 1 is 1.40 bits per heavy atom. The first kappa shape index (κ1) is 14.7. The van der Waals surface area contributed by atoms with Crippen LogP contribution < -0.4 is 5.32 Å². The zero-order valence-corrected chi connectivity index (χ0v) is 11.9. The van der Waals surface area contributed by atoms with Crippen molar-refractivity contribution in [1.29, 1.82) is 5.26 Å². The van der Waals surface area contributed by atoms with E-state index < -0.39 is 11.9 Å². The first-order chi connectivity index (χ1) is 9.61. The molecule has 0 aliphatic heterocycles. The van der Waals surface area contributed by atoms with Crippen LogP contribution in [0, 0.1) is 17.2 Å². The Labute approximate surface area is 123 Å². The van der Waals surface area contributed by atoms with Crippen molar-refractivity contribution in [3.8, 4) is 11.8 Å². The molecular formula is C15H17ClN2O2. The van der Waals surface area contributed by atoms with E-state index in [1.807, 2.05) is 0 Å². The van der Waals surface area contributed by atoms with E-state index in [0.717, 1.165) is 25.7 Å². The molecule has 2 N–H and O–H groups in total. The Hall–Kier alpha value is -1.73. The zero-order valence-electron chi connectivity index (χ0n) is 11.1. The van der Waals surface area contributed by atoms with Crippen molar-refractivity contribution >= 4 is 17.5 Å². The molecule has 0 saturated heterocycles. The summed E-state index contributed by atoms with van der Waals surface area (Å²) in [6.45, 7) is 0. The predicted octanol–water partition coefficient (Wildman–Crippen LogP) is 3.25. The number of phenolic OH excluding ortho intramolecular Hbond substituents is 1. The Kier molecular flexibility index (Phi) is 4.86. The number of hydrogen-bond acceptors (Lipinski definition) is 3. The van der Waals surface area contributed by atoms with Gasteiger partial charge < -0.3 is 10.4 Å². The summed E-state index contributed by atoms with van der Waals surface area (Å²) >= 11 is 5.73. The Morgan fingerprint density at radius 3 is 2.70 bits per heavy atom. The summed E-state index contributed by atoms with van der Waals surface area (Å²) in [6.07, 6.45) is 5.33. The van der Waals surface area contributed by atoms with Gasteiger partial charge in [0, 0.05) is 5.02 Å². The van der Waals surface area contributed by atoms with Crippen molar-refractivity contribution in [2.24, 2.45) is 5.92 Å². The highest BCUT2D eigenvalue weighted by Gasteiger charge is 2.26. The zero-order chi connectivity index (χ0) is 14.5. The number of aromatic hydroxyl groups is 1. The second-order valence-corrected chi connectivity index (χ2v) is 5.58. The number of halogens is 1. The van der Waals surface area contributed by atoms with E-state index in [4.69, 9.17) is 11.6 Å². The summed E-state index contributed by atoms with van der Waals surface area (Å²) in [5, 5.41) is 22.0. The molecule has 1 aromatic carbocycles. The van der Waals surface area contributed by atoms with Crippen LogP contribution in [0.4, 0.5) is 0 Å². The van der Waals surface area contributed by atoms with E-state index in [-0.39, 0.29) is 17.2 Å². The van der Waals surface area contributed by atoms with E-state index in [1.165, 1.54) is 24.6 Å². The van der Waals surface area contributed by atoms with E-state index in [2.05, 4.69) is 11.4 Å². The monoisotopic (exact) mass is 292 g/mol. The molecule has 106 valence electrons. The van der Waals surface area contributed by atoms with E-state index in [9.17, 15) is 15.2 Å². The number of nitrogens with one attached hydrogen (secondary N) is 1. The van der Waals surface area contributed by atoms with Gasteiger partial charge in [-0.3, -0.25) is 4.79 Å². The third-order valence-corrected chi connectivity index (χ3v) is 3.99. The fourth-order valence-corrected chi connectivity index (χ4v) is 2.81. The third kappa shape index (κ3) is 3.43. The molecule has 4 nitrogen and oxygen atoms in total. The Balaban J connectivity index is 2.07. The Bertz CT molecular complexity index is 533. The lowest BCUT2D eigenvalue weighted by Crippen LogP contribution is -2.40. The number of carbonyl (C=O) groups is 1. The highest BCUT2D eigenvalue weighted by molar-refractivity contribution is 6.30. The lowest BCUT2D eigenvalue weighted by molar-refractivity contribution is 0.0926. The topological polar surface area (TPSA) is 73.1 Å². The Morgan fingerprint density at radius 2 is 2.10 bits per heavy atom. The van der Waals surface area contributed by atoms with Gasteiger partial charge in [0.05, 0.1) is 11.6 Å². The molecule has 0 spiro atoms. The second kappa shape index (κ2) is 6.62. The number of phenols is 1. The molecule has 1 aliphatic rings. The van der Waals surface area contributed by atoms with Crippen LogP contribution in [0.3, 0.4) is 0 Å². The smallest absolute Gasteiger partial charge is 0.256 e. The van der Waals surface area contributed by atoms with Crippen molar-refractivity contribution < 1.29 is 9.90 Å². The molecule has 1 unspecified atom stereocenters. The first-order valence-electron chi connectivity index (χ1n) is 6.81. The molecule has 1 fully saturated rings. The predicted molar refractivity (Wildman–Crippen MR) is 76.6 cm³/mol. The van der Waals surface area contributed by atoms with Gasteiger partial charge in [-0.25, -0.2) is 0 Å². The first-order valence-corrected chi connectivity index (χ1v) is 7.18. The minimum absolute atomic E-state index is 0.144. The van der Waals surface area contributed by atoms with Crippen molar-refractivity contribution in [3.05, 3.63) is 28.8 Å². The molecule has 1 saturated carbocycles.